The Kier molecular flexibility index (Phi) is 3.89. The minimum Gasteiger partial charge on any atom is -0.493 e. The van der Waals surface area contributed by atoms with E-state index in [1.807, 2.05) is 12.1 Å². The SMILES string of the molecule is COc1cc(CN)c(-c2sccc2C)cc1OC. The van der Waals surface area contributed by atoms with E-state index >= 15 is 0 Å². The van der Waals surface area contributed by atoms with Crippen LogP contribution in [0.2, 0.25) is 0 Å². The van der Waals surface area contributed by atoms with Gasteiger partial charge in [-0.1, -0.05) is 0 Å². The van der Waals surface area contributed by atoms with Gasteiger partial charge in [-0.2, -0.15) is 0 Å². The summed E-state index contributed by atoms with van der Waals surface area (Å²) in [5.41, 5.74) is 9.28. The fraction of sp³-hybridized carbons (Fsp3) is 0.286. The number of aryl methyl sites for hydroxylation is 1. The summed E-state index contributed by atoms with van der Waals surface area (Å²) in [6.45, 7) is 2.58. The van der Waals surface area contributed by atoms with Gasteiger partial charge in [-0.05, 0) is 41.6 Å². The van der Waals surface area contributed by atoms with Gasteiger partial charge in [0.1, 0.15) is 0 Å². The average Bonchev–Trinajstić information content (AvgIpc) is 2.83. The number of hydrogen-bond acceptors (Lipinski definition) is 4. The molecule has 96 valence electrons. The molecule has 0 amide bonds. The van der Waals surface area contributed by atoms with Crippen molar-refractivity contribution in [3.05, 3.63) is 34.7 Å². The zero-order valence-electron chi connectivity index (χ0n) is 10.8. The van der Waals surface area contributed by atoms with E-state index in [2.05, 4.69) is 18.4 Å². The van der Waals surface area contributed by atoms with Crippen LogP contribution in [-0.2, 0) is 6.54 Å². The number of nitrogens with two attached hydrogens (primary N) is 1. The highest BCUT2D eigenvalue weighted by atomic mass is 32.1. The number of benzene rings is 1. The van der Waals surface area contributed by atoms with Crippen LogP contribution >= 0.6 is 11.3 Å². The predicted molar refractivity (Wildman–Crippen MR) is 75.5 cm³/mol. The third kappa shape index (κ3) is 2.21. The maximum absolute atomic E-state index is 5.83. The molecule has 2 rings (SSSR count). The lowest BCUT2D eigenvalue weighted by Gasteiger charge is -2.13. The number of methoxy groups -OCH3 is 2. The lowest BCUT2D eigenvalue weighted by Crippen LogP contribution is -2.01. The van der Waals surface area contributed by atoms with Crippen molar-refractivity contribution in [2.45, 2.75) is 13.5 Å². The van der Waals surface area contributed by atoms with Gasteiger partial charge in [-0.15, -0.1) is 11.3 Å². The number of hydrogen-bond donors (Lipinski definition) is 1. The van der Waals surface area contributed by atoms with Crippen LogP contribution in [0.5, 0.6) is 11.5 Å². The normalized spacial score (nSPS) is 10.4. The molecule has 2 N–H and O–H groups in total. The Balaban J connectivity index is 2.62. The maximum Gasteiger partial charge on any atom is 0.161 e. The van der Waals surface area contributed by atoms with Gasteiger partial charge in [0.2, 0.25) is 0 Å². The maximum atomic E-state index is 5.83. The summed E-state index contributed by atoms with van der Waals surface area (Å²) in [5, 5.41) is 2.08. The first-order valence-electron chi connectivity index (χ1n) is 5.70. The van der Waals surface area contributed by atoms with E-state index in [0.29, 0.717) is 6.54 Å². The second-order valence-corrected chi connectivity index (χ2v) is 4.92. The Morgan fingerprint density at radius 2 is 1.83 bits per heavy atom. The van der Waals surface area contributed by atoms with Crippen LogP contribution in [-0.4, -0.2) is 14.2 Å². The van der Waals surface area contributed by atoms with E-state index in [-0.39, 0.29) is 0 Å². The van der Waals surface area contributed by atoms with E-state index in [1.165, 1.54) is 10.4 Å². The van der Waals surface area contributed by atoms with Gasteiger partial charge in [0.05, 0.1) is 14.2 Å². The minimum atomic E-state index is 0.479. The molecule has 2 aromatic rings. The summed E-state index contributed by atoms with van der Waals surface area (Å²) in [4.78, 5) is 1.23. The molecule has 0 spiro atoms. The number of ether oxygens (including phenoxy) is 2. The lowest BCUT2D eigenvalue weighted by atomic mass is 10.0. The fourth-order valence-corrected chi connectivity index (χ4v) is 2.93. The van der Waals surface area contributed by atoms with Gasteiger partial charge >= 0.3 is 0 Å². The van der Waals surface area contributed by atoms with E-state index in [4.69, 9.17) is 15.2 Å². The standard InChI is InChI=1S/C14H17NO2S/c1-9-4-5-18-14(9)11-7-13(17-3)12(16-2)6-10(11)8-15/h4-7H,8,15H2,1-3H3. The fourth-order valence-electron chi connectivity index (χ4n) is 1.95. The van der Waals surface area contributed by atoms with Crippen LogP contribution in [0.25, 0.3) is 10.4 Å². The van der Waals surface area contributed by atoms with E-state index in [0.717, 1.165) is 22.6 Å². The molecule has 0 aliphatic rings. The van der Waals surface area contributed by atoms with Crippen molar-refractivity contribution in [3.63, 3.8) is 0 Å². The molecule has 0 saturated carbocycles. The quantitative estimate of drug-likeness (QED) is 0.921. The molecule has 18 heavy (non-hydrogen) atoms. The molecule has 0 fully saturated rings. The summed E-state index contributed by atoms with van der Waals surface area (Å²) in [6, 6.07) is 6.06. The molecule has 0 aliphatic carbocycles. The summed E-state index contributed by atoms with van der Waals surface area (Å²) in [6.07, 6.45) is 0. The van der Waals surface area contributed by atoms with Crippen LogP contribution in [0.1, 0.15) is 11.1 Å². The second-order valence-electron chi connectivity index (χ2n) is 4.00. The third-order valence-electron chi connectivity index (χ3n) is 2.94. The molecular weight excluding hydrogens is 246 g/mol. The molecule has 4 heteroatoms. The highest BCUT2D eigenvalue weighted by Crippen LogP contribution is 2.38. The molecule has 0 radical (unpaired) electrons. The highest BCUT2D eigenvalue weighted by Gasteiger charge is 2.14. The van der Waals surface area contributed by atoms with Crippen LogP contribution in [0, 0.1) is 6.92 Å². The van der Waals surface area contributed by atoms with Gasteiger partial charge in [0.15, 0.2) is 11.5 Å². The predicted octanol–water partition coefficient (Wildman–Crippen LogP) is 3.20. The first-order chi connectivity index (χ1) is 8.71. The van der Waals surface area contributed by atoms with Crippen LogP contribution < -0.4 is 15.2 Å². The molecule has 3 nitrogen and oxygen atoms in total. The Bertz CT molecular complexity index is 549. The molecule has 1 aromatic carbocycles. The molecule has 0 bridgehead atoms. The van der Waals surface area contributed by atoms with Crippen molar-refractivity contribution < 1.29 is 9.47 Å². The smallest absolute Gasteiger partial charge is 0.161 e. The van der Waals surface area contributed by atoms with Gasteiger partial charge in [0, 0.05) is 17.0 Å². The van der Waals surface area contributed by atoms with Gasteiger partial charge in [-0.25, -0.2) is 0 Å². The molecule has 0 unspecified atom stereocenters. The van der Waals surface area contributed by atoms with Crippen LogP contribution in [0.4, 0.5) is 0 Å². The molecule has 0 atom stereocenters. The Morgan fingerprint density at radius 3 is 2.33 bits per heavy atom. The Hall–Kier alpha value is -1.52. The first kappa shape index (κ1) is 12.9. The van der Waals surface area contributed by atoms with Crippen molar-refractivity contribution in [1.29, 1.82) is 0 Å². The molecule has 1 aromatic heterocycles. The van der Waals surface area contributed by atoms with Crippen molar-refractivity contribution in [3.8, 4) is 21.9 Å². The highest BCUT2D eigenvalue weighted by molar-refractivity contribution is 7.13. The van der Waals surface area contributed by atoms with E-state index < -0.39 is 0 Å². The summed E-state index contributed by atoms with van der Waals surface area (Å²) in [5.74, 6) is 1.45. The molecule has 1 heterocycles. The lowest BCUT2D eigenvalue weighted by molar-refractivity contribution is 0.354. The topological polar surface area (TPSA) is 44.5 Å². The average molecular weight is 263 g/mol. The van der Waals surface area contributed by atoms with Gasteiger partial charge in [0.25, 0.3) is 0 Å². The zero-order chi connectivity index (χ0) is 13.1. The van der Waals surface area contributed by atoms with Crippen molar-refractivity contribution >= 4 is 11.3 Å². The largest absolute Gasteiger partial charge is 0.493 e. The number of thiophene rings is 1. The zero-order valence-corrected chi connectivity index (χ0v) is 11.6. The first-order valence-corrected chi connectivity index (χ1v) is 6.58. The molecule has 0 aliphatic heterocycles. The van der Waals surface area contributed by atoms with Crippen molar-refractivity contribution in [2.24, 2.45) is 5.73 Å². The second kappa shape index (κ2) is 5.42. The van der Waals surface area contributed by atoms with Crippen LogP contribution in [0.15, 0.2) is 23.6 Å². The van der Waals surface area contributed by atoms with Crippen molar-refractivity contribution in [1.82, 2.24) is 0 Å². The molecular formula is C14H17NO2S. The van der Waals surface area contributed by atoms with Crippen LogP contribution in [0.3, 0.4) is 0 Å². The monoisotopic (exact) mass is 263 g/mol. The summed E-state index contributed by atoms with van der Waals surface area (Å²) >= 11 is 1.71. The minimum absolute atomic E-state index is 0.479. The Labute approximate surface area is 111 Å². The Morgan fingerprint density at radius 1 is 1.17 bits per heavy atom. The van der Waals surface area contributed by atoms with Gasteiger partial charge in [-0.3, -0.25) is 0 Å². The van der Waals surface area contributed by atoms with Gasteiger partial charge < -0.3 is 15.2 Å². The van der Waals surface area contributed by atoms with Crippen molar-refractivity contribution in [2.75, 3.05) is 14.2 Å². The van der Waals surface area contributed by atoms with E-state index in [9.17, 15) is 0 Å². The summed E-state index contributed by atoms with van der Waals surface area (Å²) in [7, 11) is 3.28. The third-order valence-corrected chi connectivity index (χ3v) is 3.99. The molecule has 0 saturated heterocycles. The number of rotatable bonds is 4. The van der Waals surface area contributed by atoms with E-state index in [1.54, 1.807) is 25.6 Å². The summed E-state index contributed by atoms with van der Waals surface area (Å²) < 4.78 is 10.7.